The quantitative estimate of drug-likeness (QED) is 0.607. The second-order valence-electron chi connectivity index (χ2n) is 5.89. The SMILES string of the molecule is Cc1c(B2OC(C)(C)C(C)(C)O2)ccc(C=O)c1F. The third kappa shape index (κ3) is 2.21. The molecule has 1 aromatic carbocycles. The van der Waals surface area contributed by atoms with Crippen LogP contribution in [0.15, 0.2) is 12.1 Å². The first-order valence-corrected chi connectivity index (χ1v) is 6.29. The molecule has 0 aliphatic carbocycles. The number of benzene rings is 1. The lowest BCUT2D eigenvalue weighted by molar-refractivity contribution is 0.00578. The van der Waals surface area contributed by atoms with Gasteiger partial charge in [0.1, 0.15) is 5.82 Å². The van der Waals surface area contributed by atoms with Crippen molar-refractivity contribution in [2.75, 3.05) is 0 Å². The summed E-state index contributed by atoms with van der Waals surface area (Å²) in [4.78, 5) is 10.7. The first-order valence-electron chi connectivity index (χ1n) is 6.29. The van der Waals surface area contributed by atoms with E-state index in [1.54, 1.807) is 13.0 Å². The number of hydrogen-bond donors (Lipinski definition) is 0. The molecule has 0 unspecified atom stereocenters. The molecule has 1 aromatic rings. The molecule has 5 heteroatoms. The predicted octanol–water partition coefficient (Wildman–Crippen LogP) is 2.25. The molecule has 0 spiro atoms. The van der Waals surface area contributed by atoms with E-state index in [-0.39, 0.29) is 5.56 Å². The van der Waals surface area contributed by atoms with Crippen molar-refractivity contribution in [3.63, 3.8) is 0 Å². The van der Waals surface area contributed by atoms with Gasteiger partial charge in [-0.25, -0.2) is 4.39 Å². The third-order valence-electron chi connectivity index (χ3n) is 4.09. The molecule has 0 saturated carbocycles. The molecule has 3 nitrogen and oxygen atoms in total. The second-order valence-corrected chi connectivity index (χ2v) is 5.89. The van der Waals surface area contributed by atoms with Crippen LogP contribution in [-0.4, -0.2) is 24.6 Å². The molecule has 1 aliphatic heterocycles. The van der Waals surface area contributed by atoms with Gasteiger partial charge in [0.05, 0.1) is 16.8 Å². The molecule has 0 bridgehead atoms. The maximum Gasteiger partial charge on any atom is 0.495 e. The summed E-state index contributed by atoms with van der Waals surface area (Å²) >= 11 is 0. The number of carbonyl (C=O) groups is 1. The topological polar surface area (TPSA) is 35.5 Å². The van der Waals surface area contributed by atoms with E-state index in [2.05, 4.69) is 0 Å². The maximum atomic E-state index is 14.0. The Balaban J connectivity index is 2.41. The molecule has 19 heavy (non-hydrogen) atoms. The van der Waals surface area contributed by atoms with E-state index in [0.717, 1.165) is 0 Å². The number of carbonyl (C=O) groups excluding carboxylic acids is 1. The van der Waals surface area contributed by atoms with E-state index < -0.39 is 24.1 Å². The summed E-state index contributed by atoms with van der Waals surface area (Å²) in [6.45, 7) is 9.40. The number of halogens is 1. The number of hydrogen-bond acceptors (Lipinski definition) is 3. The van der Waals surface area contributed by atoms with Crippen molar-refractivity contribution in [3.05, 3.63) is 29.1 Å². The Morgan fingerprint density at radius 1 is 1.16 bits per heavy atom. The lowest BCUT2D eigenvalue weighted by Gasteiger charge is -2.32. The predicted molar refractivity (Wildman–Crippen MR) is 72.2 cm³/mol. The number of rotatable bonds is 2. The highest BCUT2D eigenvalue weighted by Crippen LogP contribution is 2.36. The lowest BCUT2D eigenvalue weighted by Crippen LogP contribution is -2.41. The molecule has 0 N–H and O–H groups in total. The summed E-state index contributed by atoms with van der Waals surface area (Å²) in [5, 5.41) is 0. The van der Waals surface area contributed by atoms with Crippen LogP contribution >= 0.6 is 0 Å². The summed E-state index contributed by atoms with van der Waals surface area (Å²) in [5.74, 6) is -0.512. The van der Waals surface area contributed by atoms with Gasteiger partial charge in [-0.3, -0.25) is 4.79 Å². The molecule has 1 heterocycles. The Bertz CT molecular complexity index is 510. The summed E-state index contributed by atoms with van der Waals surface area (Å²) in [6.07, 6.45) is 0.510. The summed E-state index contributed by atoms with van der Waals surface area (Å²) in [5.41, 5.74) is 0.135. The average molecular weight is 264 g/mol. The van der Waals surface area contributed by atoms with Crippen molar-refractivity contribution in [2.24, 2.45) is 0 Å². The first kappa shape index (κ1) is 14.2. The van der Waals surface area contributed by atoms with Crippen LogP contribution < -0.4 is 5.46 Å². The zero-order valence-corrected chi connectivity index (χ0v) is 11.9. The Morgan fingerprint density at radius 2 is 1.68 bits per heavy atom. The summed E-state index contributed by atoms with van der Waals surface area (Å²) in [6, 6.07) is 3.14. The minimum atomic E-state index is -0.611. The van der Waals surface area contributed by atoms with E-state index in [0.29, 0.717) is 17.3 Å². The zero-order valence-electron chi connectivity index (χ0n) is 11.9. The molecule has 0 radical (unpaired) electrons. The Kier molecular flexibility index (Phi) is 3.31. The first-order chi connectivity index (χ1) is 8.69. The van der Waals surface area contributed by atoms with Crippen LogP contribution in [0.25, 0.3) is 0 Å². The normalized spacial score (nSPS) is 20.6. The van der Waals surface area contributed by atoms with Crippen LogP contribution in [0, 0.1) is 12.7 Å². The Labute approximate surface area is 113 Å². The molecule has 0 aromatic heterocycles. The third-order valence-corrected chi connectivity index (χ3v) is 4.09. The highest BCUT2D eigenvalue weighted by Gasteiger charge is 2.52. The molecule has 102 valence electrons. The Hall–Kier alpha value is -1.20. The fourth-order valence-corrected chi connectivity index (χ4v) is 2.04. The summed E-state index contributed by atoms with van der Waals surface area (Å²) < 4.78 is 25.7. The number of aldehydes is 1. The van der Waals surface area contributed by atoms with Crippen molar-refractivity contribution in [3.8, 4) is 0 Å². The van der Waals surface area contributed by atoms with Gasteiger partial charge in [-0.1, -0.05) is 6.07 Å². The van der Waals surface area contributed by atoms with Crippen LogP contribution in [0.4, 0.5) is 4.39 Å². The van der Waals surface area contributed by atoms with Crippen molar-refractivity contribution < 1.29 is 18.5 Å². The largest absolute Gasteiger partial charge is 0.495 e. The fraction of sp³-hybridized carbons (Fsp3) is 0.500. The van der Waals surface area contributed by atoms with Gasteiger partial charge in [0.15, 0.2) is 6.29 Å². The molecular formula is C14H18BFO3. The van der Waals surface area contributed by atoms with Gasteiger partial charge in [0, 0.05) is 0 Å². The van der Waals surface area contributed by atoms with Crippen LogP contribution in [0.1, 0.15) is 43.6 Å². The standard InChI is InChI=1S/C14H18BFO3/c1-9-11(7-6-10(8-17)12(9)16)15-18-13(2,3)14(4,5)19-15/h6-8H,1-5H3. The smallest absolute Gasteiger partial charge is 0.399 e. The van der Waals surface area contributed by atoms with E-state index in [4.69, 9.17) is 9.31 Å². The van der Waals surface area contributed by atoms with Gasteiger partial charge < -0.3 is 9.31 Å². The molecule has 2 rings (SSSR count). The molecule has 0 amide bonds. The average Bonchev–Trinajstić information content (AvgIpc) is 2.51. The fourth-order valence-electron chi connectivity index (χ4n) is 2.04. The van der Waals surface area contributed by atoms with Crippen LogP contribution in [0.3, 0.4) is 0 Å². The highest BCUT2D eigenvalue weighted by molar-refractivity contribution is 6.62. The van der Waals surface area contributed by atoms with E-state index in [9.17, 15) is 9.18 Å². The minimum absolute atomic E-state index is 0.0535. The summed E-state index contributed by atoms with van der Waals surface area (Å²) in [7, 11) is -0.611. The van der Waals surface area contributed by atoms with Crippen LogP contribution in [-0.2, 0) is 9.31 Å². The molecular weight excluding hydrogens is 246 g/mol. The zero-order chi connectivity index (χ0) is 14.4. The molecule has 0 atom stereocenters. The second kappa shape index (κ2) is 4.42. The molecule has 1 aliphatic rings. The highest BCUT2D eigenvalue weighted by atomic mass is 19.1. The van der Waals surface area contributed by atoms with Gasteiger partial charge in [0.2, 0.25) is 0 Å². The van der Waals surface area contributed by atoms with Gasteiger partial charge >= 0.3 is 7.12 Å². The van der Waals surface area contributed by atoms with Crippen LogP contribution in [0.5, 0.6) is 0 Å². The van der Waals surface area contributed by atoms with Crippen molar-refractivity contribution >= 4 is 18.9 Å². The minimum Gasteiger partial charge on any atom is -0.399 e. The van der Waals surface area contributed by atoms with E-state index in [1.165, 1.54) is 6.07 Å². The van der Waals surface area contributed by atoms with Gasteiger partial charge in [-0.15, -0.1) is 0 Å². The van der Waals surface area contributed by atoms with Crippen molar-refractivity contribution in [1.29, 1.82) is 0 Å². The van der Waals surface area contributed by atoms with Gasteiger partial charge in [-0.2, -0.15) is 0 Å². The van der Waals surface area contributed by atoms with Crippen molar-refractivity contribution in [2.45, 2.75) is 45.8 Å². The van der Waals surface area contributed by atoms with E-state index >= 15 is 0 Å². The molecule has 1 fully saturated rings. The van der Waals surface area contributed by atoms with Gasteiger partial charge in [0.25, 0.3) is 0 Å². The van der Waals surface area contributed by atoms with E-state index in [1.807, 2.05) is 27.7 Å². The van der Waals surface area contributed by atoms with Crippen molar-refractivity contribution in [1.82, 2.24) is 0 Å². The van der Waals surface area contributed by atoms with Crippen LogP contribution in [0.2, 0.25) is 0 Å². The molecule has 1 saturated heterocycles. The maximum absolute atomic E-state index is 14.0. The Morgan fingerprint density at radius 3 is 2.16 bits per heavy atom. The lowest BCUT2D eigenvalue weighted by atomic mass is 9.75. The van der Waals surface area contributed by atoms with Gasteiger partial charge in [-0.05, 0) is 51.7 Å². The monoisotopic (exact) mass is 264 g/mol.